The Morgan fingerprint density at radius 2 is 1.92 bits per heavy atom. The Bertz CT molecular complexity index is 125. The van der Waals surface area contributed by atoms with Gasteiger partial charge in [0, 0.05) is 19.8 Å². The lowest BCUT2D eigenvalue weighted by molar-refractivity contribution is 0.0103. The van der Waals surface area contributed by atoms with E-state index < -0.39 is 0 Å². The minimum atomic E-state index is 0.545. The van der Waals surface area contributed by atoms with Crippen molar-refractivity contribution in [1.82, 2.24) is 5.32 Å². The van der Waals surface area contributed by atoms with Gasteiger partial charge in [-0.05, 0) is 31.2 Å². The van der Waals surface area contributed by atoms with Crippen molar-refractivity contribution in [3.63, 3.8) is 0 Å². The largest absolute Gasteiger partial charge is 0.381 e. The highest BCUT2D eigenvalue weighted by molar-refractivity contribution is 4.83. The first-order chi connectivity index (χ1) is 6.33. The van der Waals surface area contributed by atoms with Crippen LogP contribution < -0.4 is 5.32 Å². The first-order valence-electron chi connectivity index (χ1n) is 5.61. The zero-order valence-corrected chi connectivity index (χ0v) is 9.07. The smallest absolute Gasteiger partial charge is 0.0471 e. The molecule has 78 valence electrons. The van der Waals surface area contributed by atoms with Crippen LogP contribution in [0, 0.1) is 5.41 Å². The van der Waals surface area contributed by atoms with Crippen molar-refractivity contribution >= 4 is 0 Å². The van der Waals surface area contributed by atoms with Crippen LogP contribution in [0.25, 0.3) is 0 Å². The third-order valence-electron chi connectivity index (χ3n) is 3.08. The Morgan fingerprint density at radius 1 is 1.23 bits per heavy atom. The zero-order valence-electron chi connectivity index (χ0n) is 9.07. The minimum Gasteiger partial charge on any atom is -0.381 e. The van der Waals surface area contributed by atoms with Gasteiger partial charge in [-0.3, -0.25) is 0 Å². The molecule has 2 heteroatoms. The van der Waals surface area contributed by atoms with Crippen molar-refractivity contribution in [1.29, 1.82) is 0 Å². The molecule has 0 unspecified atom stereocenters. The number of ether oxygens (including phenoxy) is 1. The van der Waals surface area contributed by atoms with Gasteiger partial charge in [0.05, 0.1) is 0 Å². The summed E-state index contributed by atoms with van der Waals surface area (Å²) in [6.07, 6.45) is 5.14. The van der Waals surface area contributed by atoms with E-state index in [9.17, 15) is 0 Å². The molecule has 1 saturated heterocycles. The van der Waals surface area contributed by atoms with Crippen LogP contribution in [-0.2, 0) is 4.74 Å². The van der Waals surface area contributed by atoms with Crippen molar-refractivity contribution in [3.8, 4) is 0 Å². The summed E-state index contributed by atoms with van der Waals surface area (Å²) >= 11 is 0. The van der Waals surface area contributed by atoms with E-state index in [0.29, 0.717) is 5.41 Å². The van der Waals surface area contributed by atoms with E-state index in [2.05, 4.69) is 19.2 Å². The number of nitrogens with one attached hydrogen (secondary N) is 1. The van der Waals surface area contributed by atoms with Crippen LogP contribution in [-0.4, -0.2) is 26.3 Å². The number of hydrogen-bond donors (Lipinski definition) is 1. The summed E-state index contributed by atoms with van der Waals surface area (Å²) in [6, 6.07) is 0. The van der Waals surface area contributed by atoms with Crippen LogP contribution in [0.3, 0.4) is 0 Å². The maximum atomic E-state index is 5.42. The van der Waals surface area contributed by atoms with Crippen LogP contribution in [0.2, 0.25) is 0 Å². The Hall–Kier alpha value is -0.0800. The van der Waals surface area contributed by atoms with Crippen LogP contribution in [0.15, 0.2) is 0 Å². The molecule has 0 saturated carbocycles. The summed E-state index contributed by atoms with van der Waals surface area (Å²) in [4.78, 5) is 0. The summed E-state index contributed by atoms with van der Waals surface area (Å²) in [5.74, 6) is 0. The monoisotopic (exact) mass is 185 g/mol. The summed E-state index contributed by atoms with van der Waals surface area (Å²) in [6.45, 7) is 8.66. The van der Waals surface area contributed by atoms with E-state index in [1.54, 1.807) is 0 Å². The van der Waals surface area contributed by atoms with Gasteiger partial charge in [0.2, 0.25) is 0 Å². The van der Waals surface area contributed by atoms with E-state index >= 15 is 0 Å². The first-order valence-corrected chi connectivity index (χ1v) is 5.61. The molecule has 2 nitrogen and oxygen atoms in total. The molecule has 0 atom stereocenters. The molecule has 0 amide bonds. The highest BCUT2D eigenvalue weighted by Crippen LogP contribution is 2.34. The maximum Gasteiger partial charge on any atom is 0.0471 e. The molecule has 1 rings (SSSR count). The SMILES string of the molecule is CCCC1(CNCC)CCOCC1. The second-order valence-electron chi connectivity index (χ2n) is 4.14. The Kier molecular flexibility index (Phi) is 4.74. The van der Waals surface area contributed by atoms with Crippen molar-refractivity contribution < 1.29 is 4.74 Å². The van der Waals surface area contributed by atoms with Gasteiger partial charge in [0.25, 0.3) is 0 Å². The third-order valence-corrected chi connectivity index (χ3v) is 3.08. The van der Waals surface area contributed by atoms with Crippen LogP contribution in [0.5, 0.6) is 0 Å². The fraction of sp³-hybridized carbons (Fsp3) is 1.00. The molecule has 1 heterocycles. The van der Waals surface area contributed by atoms with Gasteiger partial charge in [-0.15, -0.1) is 0 Å². The lowest BCUT2D eigenvalue weighted by Crippen LogP contribution is -2.39. The molecular formula is C11H23NO. The van der Waals surface area contributed by atoms with Crippen molar-refractivity contribution in [2.45, 2.75) is 39.5 Å². The van der Waals surface area contributed by atoms with Gasteiger partial charge in [-0.1, -0.05) is 20.3 Å². The number of rotatable bonds is 5. The van der Waals surface area contributed by atoms with Crippen LogP contribution in [0.1, 0.15) is 39.5 Å². The predicted octanol–water partition coefficient (Wildman–Crippen LogP) is 2.19. The maximum absolute atomic E-state index is 5.42. The van der Waals surface area contributed by atoms with E-state index in [0.717, 1.165) is 19.8 Å². The highest BCUT2D eigenvalue weighted by atomic mass is 16.5. The summed E-state index contributed by atoms with van der Waals surface area (Å²) in [7, 11) is 0. The lowest BCUT2D eigenvalue weighted by Gasteiger charge is -2.37. The van der Waals surface area contributed by atoms with Gasteiger partial charge in [0.15, 0.2) is 0 Å². The fourth-order valence-electron chi connectivity index (χ4n) is 2.24. The molecule has 0 aromatic carbocycles. The third kappa shape index (κ3) is 3.28. The van der Waals surface area contributed by atoms with Gasteiger partial charge >= 0.3 is 0 Å². The second-order valence-corrected chi connectivity index (χ2v) is 4.14. The first kappa shape index (κ1) is 11.0. The topological polar surface area (TPSA) is 21.3 Å². The molecule has 1 aliphatic rings. The van der Waals surface area contributed by atoms with Crippen molar-refractivity contribution in [2.75, 3.05) is 26.3 Å². The van der Waals surface area contributed by atoms with Gasteiger partial charge in [0.1, 0.15) is 0 Å². The standard InChI is InChI=1S/C11H23NO/c1-3-5-11(10-12-4-2)6-8-13-9-7-11/h12H,3-10H2,1-2H3. The quantitative estimate of drug-likeness (QED) is 0.709. The molecule has 0 aromatic rings. The van der Waals surface area contributed by atoms with Gasteiger partial charge < -0.3 is 10.1 Å². The van der Waals surface area contributed by atoms with E-state index in [1.807, 2.05) is 0 Å². The molecule has 0 aromatic heterocycles. The molecule has 0 spiro atoms. The average Bonchev–Trinajstić information content (AvgIpc) is 2.17. The average molecular weight is 185 g/mol. The molecule has 1 fully saturated rings. The van der Waals surface area contributed by atoms with E-state index in [1.165, 1.54) is 32.2 Å². The normalized spacial score (nSPS) is 21.7. The Labute approximate surface area is 82.0 Å². The zero-order chi connectivity index (χ0) is 9.57. The summed E-state index contributed by atoms with van der Waals surface area (Å²) < 4.78 is 5.42. The number of hydrogen-bond acceptors (Lipinski definition) is 2. The van der Waals surface area contributed by atoms with E-state index in [-0.39, 0.29) is 0 Å². The lowest BCUT2D eigenvalue weighted by atomic mass is 9.76. The molecule has 0 aliphatic carbocycles. The van der Waals surface area contributed by atoms with Crippen LogP contribution >= 0.6 is 0 Å². The summed E-state index contributed by atoms with van der Waals surface area (Å²) in [5.41, 5.74) is 0.545. The van der Waals surface area contributed by atoms with Gasteiger partial charge in [-0.2, -0.15) is 0 Å². The van der Waals surface area contributed by atoms with Crippen molar-refractivity contribution in [3.05, 3.63) is 0 Å². The molecule has 0 radical (unpaired) electrons. The Morgan fingerprint density at radius 3 is 2.46 bits per heavy atom. The minimum absolute atomic E-state index is 0.545. The molecule has 1 N–H and O–H groups in total. The molecule has 1 aliphatic heterocycles. The van der Waals surface area contributed by atoms with Crippen molar-refractivity contribution in [2.24, 2.45) is 5.41 Å². The second kappa shape index (κ2) is 5.61. The fourth-order valence-corrected chi connectivity index (χ4v) is 2.24. The Balaban J connectivity index is 2.40. The highest BCUT2D eigenvalue weighted by Gasteiger charge is 2.30. The summed E-state index contributed by atoms with van der Waals surface area (Å²) in [5, 5.41) is 3.49. The molecule has 0 bridgehead atoms. The molecular weight excluding hydrogens is 162 g/mol. The van der Waals surface area contributed by atoms with Crippen LogP contribution in [0.4, 0.5) is 0 Å². The van der Waals surface area contributed by atoms with Gasteiger partial charge in [-0.25, -0.2) is 0 Å². The molecule has 13 heavy (non-hydrogen) atoms. The predicted molar refractivity (Wildman–Crippen MR) is 55.9 cm³/mol. The van der Waals surface area contributed by atoms with E-state index in [4.69, 9.17) is 4.74 Å².